The Bertz CT molecular complexity index is 336. The van der Waals surface area contributed by atoms with E-state index in [1.165, 1.54) is 52.0 Å². The lowest BCUT2D eigenvalue weighted by Crippen LogP contribution is -2.44. The van der Waals surface area contributed by atoms with Crippen LogP contribution >= 0.6 is 0 Å². The van der Waals surface area contributed by atoms with E-state index in [1.54, 1.807) is 0 Å². The molecule has 2 rings (SSSR count). The van der Waals surface area contributed by atoms with Crippen LogP contribution in [0.2, 0.25) is 0 Å². The molecule has 2 saturated heterocycles. The van der Waals surface area contributed by atoms with E-state index in [1.807, 2.05) is 0 Å². The maximum Gasteiger partial charge on any atom is 0.191 e. The largest absolute Gasteiger partial charge is 0.376 e. The van der Waals surface area contributed by atoms with Crippen LogP contribution in [0.5, 0.6) is 0 Å². The third-order valence-corrected chi connectivity index (χ3v) is 4.61. The van der Waals surface area contributed by atoms with Gasteiger partial charge in [-0.15, -0.1) is 0 Å². The van der Waals surface area contributed by atoms with E-state index >= 15 is 0 Å². The van der Waals surface area contributed by atoms with Gasteiger partial charge in [0.15, 0.2) is 5.96 Å². The maximum absolute atomic E-state index is 5.63. The summed E-state index contributed by atoms with van der Waals surface area (Å²) in [6, 6.07) is 0. The lowest BCUT2D eigenvalue weighted by atomic mass is 10.2. The first-order valence-corrected chi connectivity index (χ1v) is 9.32. The highest BCUT2D eigenvalue weighted by molar-refractivity contribution is 5.79. The molecular weight excluding hydrogens is 290 g/mol. The van der Waals surface area contributed by atoms with Gasteiger partial charge in [-0.3, -0.25) is 4.99 Å². The highest BCUT2D eigenvalue weighted by Gasteiger charge is 2.15. The van der Waals surface area contributed by atoms with E-state index in [4.69, 9.17) is 4.74 Å². The molecule has 2 fully saturated rings. The molecule has 0 radical (unpaired) electrons. The Labute approximate surface area is 141 Å². The van der Waals surface area contributed by atoms with Gasteiger partial charge in [0.1, 0.15) is 0 Å². The minimum Gasteiger partial charge on any atom is -0.376 e. The number of ether oxygens (including phenoxy) is 1. The topological polar surface area (TPSA) is 52.1 Å². The lowest BCUT2D eigenvalue weighted by molar-refractivity contribution is 0.117. The molecule has 2 heterocycles. The van der Waals surface area contributed by atoms with E-state index in [0.717, 1.165) is 38.6 Å². The zero-order chi connectivity index (χ0) is 16.3. The molecule has 2 aliphatic heterocycles. The third-order valence-electron chi connectivity index (χ3n) is 4.61. The second-order valence-electron chi connectivity index (χ2n) is 6.63. The van der Waals surface area contributed by atoms with Crippen molar-refractivity contribution in [1.82, 2.24) is 20.4 Å². The van der Waals surface area contributed by atoms with Crippen LogP contribution in [0.4, 0.5) is 0 Å². The minimum atomic E-state index is 0.322. The average Bonchev–Trinajstić information content (AvgIpc) is 3.07. The average molecular weight is 326 g/mol. The number of nitrogens with zero attached hydrogens (tertiary/aromatic N) is 3. The molecule has 6 nitrogen and oxygen atoms in total. The molecule has 0 aromatic rings. The summed E-state index contributed by atoms with van der Waals surface area (Å²) in [5, 5.41) is 6.77. The zero-order valence-corrected chi connectivity index (χ0v) is 15.0. The Kier molecular flexibility index (Phi) is 8.71. The molecular formula is C17H35N5O. The van der Waals surface area contributed by atoms with Crippen molar-refractivity contribution in [3.05, 3.63) is 0 Å². The fraction of sp³-hybridized carbons (Fsp3) is 0.941. The summed E-state index contributed by atoms with van der Waals surface area (Å²) < 4.78 is 5.63. The summed E-state index contributed by atoms with van der Waals surface area (Å²) in [7, 11) is 2.21. The van der Waals surface area contributed by atoms with Crippen molar-refractivity contribution in [1.29, 1.82) is 0 Å². The number of nitrogens with one attached hydrogen (secondary N) is 2. The molecule has 0 spiro atoms. The Hall–Kier alpha value is -0.850. The van der Waals surface area contributed by atoms with Crippen LogP contribution in [0.3, 0.4) is 0 Å². The number of likely N-dealkylation sites (N-methyl/N-ethyl adjacent to an activating group) is 1. The molecule has 6 heteroatoms. The first-order chi connectivity index (χ1) is 11.3. The molecule has 0 saturated carbocycles. The van der Waals surface area contributed by atoms with Crippen molar-refractivity contribution in [2.45, 2.75) is 38.7 Å². The van der Waals surface area contributed by atoms with E-state index in [9.17, 15) is 0 Å². The fourth-order valence-corrected chi connectivity index (χ4v) is 3.06. The van der Waals surface area contributed by atoms with Gasteiger partial charge in [0.25, 0.3) is 0 Å². The number of unbranched alkanes of at least 4 members (excludes halogenated alkanes) is 1. The minimum absolute atomic E-state index is 0.322. The van der Waals surface area contributed by atoms with Gasteiger partial charge in [0, 0.05) is 45.9 Å². The molecule has 0 aromatic carbocycles. The highest BCUT2D eigenvalue weighted by atomic mass is 16.5. The number of hydrogen-bond acceptors (Lipinski definition) is 4. The van der Waals surface area contributed by atoms with E-state index in [0.29, 0.717) is 6.10 Å². The molecule has 23 heavy (non-hydrogen) atoms. The van der Waals surface area contributed by atoms with Gasteiger partial charge in [0.05, 0.1) is 12.6 Å². The molecule has 0 bridgehead atoms. The van der Waals surface area contributed by atoms with Gasteiger partial charge < -0.3 is 25.2 Å². The second-order valence-corrected chi connectivity index (χ2v) is 6.63. The molecule has 0 aliphatic carbocycles. The van der Waals surface area contributed by atoms with Crippen LogP contribution < -0.4 is 10.6 Å². The first kappa shape index (κ1) is 18.5. The van der Waals surface area contributed by atoms with Crippen LogP contribution in [0.1, 0.15) is 32.6 Å². The summed E-state index contributed by atoms with van der Waals surface area (Å²) in [6.07, 6.45) is 5.09. The SMILES string of the molecule is CCNC(=NCC1CCCO1)NCCCCN1CCN(C)CC1. The zero-order valence-electron chi connectivity index (χ0n) is 15.0. The monoisotopic (exact) mass is 325 g/mol. The van der Waals surface area contributed by atoms with Crippen LogP contribution in [-0.4, -0.2) is 87.9 Å². The molecule has 1 atom stereocenters. The number of guanidine groups is 1. The van der Waals surface area contributed by atoms with Crippen molar-refractivity contribution in [3.63, 3.8) is 0 Å². The number of hydrogen-bond donors (Lipinski definition) is 2. The van der Waals surface area contributed by atoms with Gasteiger partial charge in [-0.1, -0.05) is 0 Å². The second kappa shape index (κ2) is 10.8. The molecule has 0 aromatic heterocycles. The van der Waals surface area contributed by atoms with Gasteiger partial charge in [-0.05, 0) is 46.2 Å². The van der Waals surface area contributed by atoms with Gasteiger partial charge in [-0.2, -0.15) is 0 Å². The lowest BCUT2D eigenvalue weighted by Gasteiger charge is -2.32. The molecule has 2 aliphatic rings. The summed E-state index contributed by atoms with van der Waals surface area (Å²) in [5.74, 6) is 0.933. The molecule has 1 unspecified atom stereocenters. The maximum atomic E-state index is 5.63. The van der Waals surface area contributed by atoms with E-state index < -0.39 is 0 Å². The fourth-order valence-electron chi connectivity index (χ4n) is 3.06. The standard InChI is InChI=1S/C17H35N5O/c1-3-18-17(20-15-16-7-6-14-23-16)19-8-4-5-9-22-12-10-21(2)11-13-22/h16H,3-15H2,1-2H3,(H2,18,19,20). The van der Waals surface area contributed by atoms with E-state index in [-0.39, 0.29) is 0 Å². The Morgan fingerprint density at radius 1 is 1.17 bits per heavy atom. The van der Waals surface area contributed by atoms with Crippen LogP contribution in [0.25, 0.3) is 0 Å². The summed E-state index contributed by atoms with van der Waals surface area (Å²) in [4.78, 5) is 9.63. The van der Waals surface area contributed by atoms with Gasteiger partial charge in [0.2, 0.25) is 0 Å². The van der Waals surface area contributed by atoms with Crippen molar-refractivity contribution in [2.24, 2.45) is 4.99 Å². The Morgan fingerprint density at radius 3 is 2.70 bits per heavy atom. The van der Waals surface area contributed by atoms with Crippen LogP contribution in [0, 0.1) is 0 Å². The molecule has 0 amide bonds. The van der Waals surface area contributed by atoms with Crippen molar-refractivity contribution >= 4 is 5.96 Å². The van der Waals surface area contributed by atoms with Gasteiger partial charge in [-0.25, -0.2) is 0 Å². The summed E-state index contributed by atoms with van der Waals surface area (Å²) in [5.41, 5.74) is 0. The predicted octanol–water partition coefficient (Wildman–Crippen LogP) is 0.748. The predicted molar refractivity (Wildman–Crippen MR) is 96.1 cm³/mol. The first-order valence-electron chi connectivity index (χ1n) is 9.32. The van der Waals surface area contributed by atoms with Crippen LogP contribution in [-0.2, 0) is 4.74 Å². The quantitative estimate of drug-likeness (QED) is 0.392. The summed E-state index contributed by atoms with van der Waals surface area (Å²) >= 11 is 0. The van der Waals surface area contributed by atoms with Crippen molar-refractivity contribution < 1.29 is 4.74 Å². The Morgan fingerprint density at radius 2 is 2.00 bits per heavy atom. The Balaban J connectivity index is 1.55. The number of rotatable bonds is 8. The van der Waals surface area contributed by atoms with Gasteiger partial charge >= 0.3 is 0 Å². The van der Waals surface area contributed by atoms with E-state index in [2.05, 4.69) is 39.4 Å². The molecule has 2 N–H and O–H groups in total. The smallest absolute Gasteiger partial charge is 0.191 e. The number of aliphatic imine (C=N–C) groups is 1. The molecule has 134 valence electrons. The summed E-state index contributed by atoms with van der Waals surface area (Å²) in [6.45, 7) is 11.7. The normalized spacial score (nSPS) is 24.1. The number of piperazine rings is 1. The van der Waals surface area contributed by atoms with Crippen molar-refractivity contribution in [3.8, 4) is 0 Å². The highest BCUT2D eigenvalue weighted by Crippen LogP contribution is 2.11. The third kappa shape index (κ3) is 7.50. The van der Waals surface area contributed by atoms with Crippen molar-refractivity contribution in [2.75, 3.05) is 66.0 Å². The van der Waals surface area contributed by atoms with Crippen LogP contribution in [0.15, 0.2) is 4.99 Å².